The van der Waals surface area contributed by atoms with Crippen molar-refractivity contribution in [3.63, 3.8) is 0 Å². The van der Waals surface area contributed by atoms with Crippen LogP contribution in [0.25, 0.3) is 0 Å². The molecule has 0 atom stereocenters. The van der Waals surface area contributed by atoms with Gasteiger partial charge in [-0.2, -0.15) is 0 Å². The molecule has 1 aliphatic heterocycles. The number of hydrogen-bond acceptors (Lipinski definition) is 2. The van der Waals surface area contributed by atoms with Gasteiger partial charge in [0, 0.05) is 0 Å². The van der Waals surface area contributed by atoms with Crippen molar-refractivity contribution >= 4 is 15.8 Å². The van der Waals surface area contributed by atoms with Gasteiger partial charge in [-0.25, -0.2) is 0 Å². The van der Waals surface area contributed by atoms with Crippen molar-refractivity contribution in [2.24, 2.45) is 0 Å². The first kappa shape index (κ1) is 6.98. The van der Waals surface area contributed by atoms with Crippen molar-refractivity contribution in [2.75, 3.05) is 18.1 Å². The summed E-state index contributed by atoms with van der Waals surface area (Å²) in [6.07, 6.45) is 1.33. The van der Waals surface area contributed by atoms with E-state index in [-0.39, 0.29) is 0 Å². The third-order valence-corrected chi connectivity index (χ3v) is 3.85. The molecule has 0 saturated carbocycles. The maximum atomic E-state index is 3.38. The summed E-state index contributed by atoms with van der Waals surface area (Å²) >= 11 is 3.65. The van der Waals surface area contributed by atoms with Crippen molar-refractivity contribution in [1.29, 1.82) is 0 Å². The van der Waals surface area contributed by atoms with Gasteiger partial charge >= 0.3 is 64.9 Å². The third-order valence-electron chi connectivity index (χ3n) is 1.02. The van der Waals surface area contributed by atoms with Crippen LogP contribution in [0.1, 0.15) is 6.42 Å². The van der Waals surface area contributed by atoms with Crippen molar-refractivity contribution < 1.29 is 19.4 Å². The molecule has 3 heteroatoms. The van der Waals surface area contributed by atoms with Crippen LogP contribution < -0.4 is 5.32 Å². The van der Waals surface area contributed by atoms with Crippen LogP contribution in [0.15, 0.2) is 0 Å². The molecule has 0 unspecified atom stereocenters. The fraction of sp³-hybridized carbons (Fsp3) is 0.800. The van der Waals surface area contributed by atoms with E-state index in [9.17, 15) is 0 Å². The van der Waals surface area contributed by atoms with Gasteiger partial charge in [0.2, 0.25) is 0 Å². The van der Waals surface area contributed by atoms with Gasteiger partial charge in [0.1, 0.15) is 0 Å². The summed E-state index contributed by atoms with van der Waals surface area (Å²) in [5.74, 6) is 2.58. The summed E-state index contributed by atoms with van der Waals surface area (Å²) in [6.45, 7) is 1.20. The number of hydrogen-bond donors (Lipinski definition) is 1. The summed E-state index contributed by atoms with van der Waals surface area (Å²) in [7, 11) is 0. The summed E-state index contributed by atoms with van der Waals surface area (Å²) in [4.78, 5) is 0. The van der Waals surface area contributed by atoms with Gasteiger partial charge in [0.15, 0.2) is 0 Å². The monoisotopic (exact) mass is 299 g/mol. The standard InChI is InChI=1S/C5H9NS.W/c1-2-6-3-5-7-4-1;/h6H,1-2,4-5H2;. The molecule has 0 aromatic heterocycles. The summed E-state index contributed by atoms with van der Waals surface area (Å²) in [5.41, 5.74) is 0. The van der Waals surface area contributed by atoms with E-state index in [1.54, 1.807) is 19.4 Å². The van der Waals surface area contributed by atoms with Gasteiger partial charge in [-0.05, 0) is 0 Å². The molecule has 8 heavy (non-hydrogen) atoms. The predicted octanol–water partition coefficient (Wildman–Crippen LogP) is 0.390. The van der Waals surface area contributed by atoms with Crippen LogP contribution >= 0.6 is 11.8 Å². The SMILES string of the molecule is [W]=[C]1CSCCCN1. The van der Waals surface area contributed by atoms with E-state index in [2.05, 4.69) is 5.32 Å². The molecule has 1 aliphatic rings. The molecule has 1 N–H and O–H groups in total. The summed E-state index contributed by atoms with van der Waals surface area (Å²) < 4.78 is 1.52. The topological polar surface area (TPSA) is 12.0 Å². The van der Waals surface area contributed by atoms with E-state index in [4.69, 9.17) is 0 Å². The predicted molar refractivity (Wildman–Crippen MR) is 35.0 cm³/mol. The quantitative estimate of drug-likeness (QED) is 0.694. The Morgan fingerprint density at radius 3 is 3.38 bits per heavy atom. The second kappa shape index (κ2) is 3.81. The van der Waals surface area contributed by atoms with Crippen LogP contribution in [0, 0.1) is 0 Å². The molecule has 0 aromatic carbocycles. The van der Waals surface area contributed by atoms with Crippen LogP contribution in [0.2, 0.25) is 0 Å². The average molecular weight is 299 g/mol. The van der Waals surface area contributed by atoms with Crippen molar-refractivity contribution in [3.8, 4) is 0 Å². The molecular weight excluding hydrogens is 290 g/mol. The zero-order valence-corrected chi connectivity index (χ0v) is 8.39. The molecule has 1 rings (SSSR count). The molecule has 1 saturated heterocycles. The van der Waals surface area contributed by atoms with Gasteiger partial charge < -0.3 is 0 Å². The zero-order valence-electron chi connectivity index (χ0n) is 4.64. The van der Waals surface area contributed by atoms with Gasteiger partial charge in [-0.3, -0.25) is 0 Å². The van der Waals surface area contributed by atoms with Crippen molar-refractivity contribution in [2.45, 2.75) is 6.42 Å². The number of nitrogens with one attached hydrogen (secondary N) is 1. The maximum absolute atomic E-state index is 3.38. The molecule has 1 heterocycles. The van der Waals surface area contributed by atoms with E-state index >= 15 is 0 Å². The fourth-order valence-corrected chi connectivity index (χ4v) is 2.66. The molecule has 0 aliphatic carbocycles. The Morgan fingerprint density at radius 1 is 1.62 bits per heavy atom. The van der Waals surface area contributed by atoms with Crippen LogP contribution in [0.3, 0.4) is 0 Å². The Labute approximate surface area is 65.0 Å². The second-order valence-electron chi connectivity index (χ2n) is 1.76. The van der Waals surface area contributed by atoms with Gasteiger partial charge in [0.25, 0.3) is 0 Å². The Morgan fingerprint density at radius 2 is 2.50 bits per heavy atom. The van der Waals surface area contributed by atoms with E-state index in [0.29, 0.717) is 0 Å². The molecule has 1 nitrogen and oxygen atoms in total. The number of rotatable bonds is 0. The fourth-order valence-electron chi connectivity index (χ4n) is 0.618. The first-order chi connectivity index (χ1) is 3.89. The van der Waals surface area contributed by atoms with Gasteiger partial charge in [-0.15, -0.1) is 0 Å². The van der Waals surface area contributed by atoms with Crippen molar-refractivity contribution in [1.82, 2.24) is 5.32 Å². The molecule has 46 valence electrons. The molecule has 0 bridgehead atoms. The Bertz CT molecular complexity index is 84.4. The first-order valence-electron chi connectivity index (χ1n) is 2.74. The average Bonchev–Trinajstić information content (AvgIpc) is 1.94. The van der Waals surface area contributed by atoms with Gasteiger partial charge in [-0.1, -0.05) is 0 Å². The molecule has 0 aromatic rings. The molecule has 0 amide bonds. The molecule has 0 spiro atoms. The third kappa shape index (κ3) is 2.43. The van der Waals surface area contributed by atoms with Crippen LogP contribution in [0.4, 0.5) is 0 Å². The van der Waals surface area contributed by atoms with E-state index in [0.717, 1.165) is 0 Å². The van der Waals surface area contributed by atoms with Gasteiger partial charge in [0.05, 0.1) is 0 Å². The minimum atomic E-state index is 1.20. The van der Waals surface area contributed by atoms with E-state index in [1.165, 1.54) is 28.5 Å². The van der Waals surface area contributed by atoms with Crippen LogP contribution in [-0.4, -0.2) is 22.1 Å². The van der Waals surface area contributed by atoms with Crippen LogP contribution in [0.5, 0.6) is 0 Å². The molecule has 0 radical (unpaired) electrons. The Balaban J connectivity index is 2.27. The molecular formula is C5H9NSW. The Hall–Kier alpha value is 0.868. The normalized spacial score (nSPS) is 22.8. The molecule has 1 fully saturated rings. The number of thioether (sulfide) groups is 1. The summed E-state index contributed by atoms with van der Waals surface area (Å²) in [6, 6.07) is 0. The first-order valence-corrected chi connectivity index (χ1v) is 5.36. The summed E-state index contributed by atoms with van der Waals surface area (Å²) in [5, 5.41) is 3.38. The van der Waals surface area contributed by atoms with Crippen LogP contribution in [-0.2, 0) is 19.4 Å². The van der Waals surface area contributed by atoms with E-state index in [1.807, 2.05) is 11.8 Å². The van der Waals surface area contributed by atoms with E-state index < -0.39 is 0 Å². The van der Waals surface area contributed by atoms with Crippen molar-refractivity contribution in [3.05, 3.63) is 0 Å². The Kier molecular flexibility index (Phi) is 3.33. The minimum absolute atomic E-state index is 1.20. The second-order valence-corrected chi connectivity index (χ2v) is 4.63. The zero-order chi connectivity index (χ0) is 5.82.